The third-order valence-corrected chi connectivity index (χ3v) is 4.66. The number of para-hydroxylation sites is 1. The molecule has 24 heavy (non-hydrogen) atoms. The molecule has 0 spiro atoms. The highest BCUT2D eigenvalue weighted by Crippen LogP contribution is 2.27. The standard InChI is InChI=1S/C20H20N2O2/c1-14-6-4-10-22(13-14)20(23)16-12-18(19-9-5-11-24-19)21-17-8-3-2-7-15(16)17/h2-3,5,7-9,11-12,14H,4,6,10,13H2,1H3/t14-/m0/s1. The highest BCUT2D eigenvalue weighted by Gasteiger charge is 2.24. The fourth-order valence-electron chi connectivity index (χ4n) is 3.45. The van der Waals surface area contributed by atoms with E-state index in [2.05, 4.69) is 11.9 Å². The number of amides is 1. The number of rotatable bonds is 2. The summed E-state index contributed by atoms with van der Waals surface area (Å²) >= 11 is 0. The van der Waals surface area contributed by atoms with Crippen molar-refractivity contribution in [2.75, 3.05) is 13.1 Å². The zero-order valence-electron chi connectivity index (χ0n) is 13.7. The smallest absolute Gasteiger partial charge is 0.254 e. The molecule has 1 aliphatic rings. The van der Waals surface area contributed by atoms with Crippen molar-refractivity contribution in [1.29, 1.82) is 0 Å². The maximum absolute atomic E-state index is 13.1. The van der Waals surface area contributed by atoms with Crippen LogP contribution in [0, 0.1) is 5.92 Å². The van der Waals surface area contributed by atoms with E-state index < -0.39 is 0 Å². The zero-order chi connectivity index (χ0) is 16.5. The third kappa shape index (κ3) is 2.68. The number of likely N-dealkylation sites (tertiary alicyclic amines) is 1. The minimum absolute atomic E-state index is 0.0907. The Bertz CT molecular complexity index is 870. The second-order valence-electron chi connectivity index (χ2n) is 6.55. The number of carbonyl (C=O) groups excluding carboxylic acids is 1. The van der Waals surface area contributed by atoms with Crippen LogP contribution in [0.1, 0.15) is 30.1 Å². The molecule has 4 heteroatoms. The summed E-state index contributed by atoms with van der Waals surface area (Å²) in [5.74, 6) is 1.33. The molecular weight excluding hydrogens is 300 g/mol. The number of aromatic nitrogens is 1. The Morgan fingerprint density at radius 2 is 2.12 bits per heavy atom. The number of hydrogen-bond donors (Lipinski definition) is 0. The molecule has 3 aromatic rings. The van der Waals surface area contributed by atoms with E-state index in [4.69, 9.17) is 4.42 Å². The van der Waals surface area contributed by atoms with Crippen molar-refractivity contribution < 1.29 is 9.21 Å². The predicted octanol–water partition coefficient (Wildman–Crippen LogP) is 4.37. The lowest BCUT2D eigenvalue weighted by molar-refractivity contribution is 0.0685. The van der Waals surface area contributed by atoms with Gasteiger partial charge < -0.3 is 9.32 Å². The molecule has 0 aliphatic carbocycles. The highest BCUT2D eigenvalue weighted by molar-refractivity contribution is 6.07. The van der Waals surface area contributed by atoms with Crippen LogP contribution in [-0.4, -0.2) is 28.9 Å². The van der Waals surface area contributed by atoms with E-state index in [9.17, 15) is 4.79 Å². The van der Waals surface area contributed by atoms with Crippen LogP contribution in [0.4, 0.5) is 0 Å². The van der Waals surface area contributed by atoms with Crippen molar-refractivity contribution in [2.45, 2.75) is 19.8 Å². The SMILES string of the molecule is C[C@H]1CCCN(C(=O)c2cc(-c3ccco3)nc3ccccc23)C1. The lowest BCUT2D eigenvalue weighted by Crippen LogP contribution is -2.39. The van der Waals surface area contributed by atoms with Crippen LogP contribution in [0.5, 0.6) is 0 Å². The first-order valence-corrected chi connectivity index (χ1v) is 8.45. The van der Waals surface area contributed by atoms with Crippen LogP contribution in [0.3, 0.4) is 0 Å². The van der Waals surface area contributed by atoms with E-state index in [1.165, 1.54) is 6.42 Å². The number of furan rings is 1. The second-order valence-corrected chi connectivity index (χ2v) is 6.55. The maximum atomic E-state index is 13.1. The summed E-state index contributed by atoms with van der Waals surface area (Å²) in [4.78, 5) is 19.8. The maximum Gasteiger partial charge on any atom is 0.254 e. The Kier molecular flexibility index (Phi) is 3.81. The van der Waals surface area contributed by atoms with E-state index >= 15 is 0 Å². The zero-order valence-corrected chi connectivity index (χ0v) is 13.7. The molecule has 1 saturated heterocycles. The Labute approximate surface area is 141 Å². The van der Waals surface area contributed by atoms with Crippen molar-refractivity contribution in [3.63, 3.8) is 0 Å². The van der Waals surface area contributed by atoms with E-state index in [0.29, 0.717) is 22.9 Å². The van der Waals surface area contributed by atoms with E-state index in [-0.39, 0.29) is 5.91 Å². The minimum atomic E-state index is 0.0907. The van der Waals surface area contributed by atoms with Gasteiger partial charge in [0.2, 0.25) is 0 Å². The first-order chi connectivity index (χ1) is 11.7. The molecule has 1 aliphatic heterocycles. The Hall–Kier alpha value is -2.62. The van der Waals surface area contributed by atoms with Gasteiger partial charge in [0, 0.05) is 18.5 Å². The molecule has 1 amide bonds. The second kappa shape index (κ2) is 6.11. The number of pyridine rings is 1. The van der Waals surface area contributed by atoms with Gasteiger partial charge in [0.25, 0.3) is 5.91 Å². The molecule has 0 saturated carbocycles. The van der Waals surface area contributed by atoms with Crippen molar-refractivity contribution in [1.82, 2.24) is 9.88 Å². The highest BCUT2D eigenvalue weighted by atomic mass is 16.3. The largest absolute Gasteiger partial charge is 0.463 e. The summed E-state index contributed by atoms with van der Waals surface area (Å²) in [5.41, 5.74) is 2.23. The van der Waals surface area contributed by atoms with Gasteiger partial charge in [0.05, 0.1) is 17.3 Å². The molecule has 4 rings (SSSR count). The van der Waals surface area contributed by atoms with Gasteiger partial charge in [-0.05, 0) is 43.0 Å². The third-order valence-electron chi connectivity index (χ3n) is 4.66. The molecule has 0 unspecified atom stereocenters. The number of nitrogens with zero attached hydrogens (tertiary/aromatic N) is 2. The molecule has 1 aromatic carbocycles. The summed E-state index contributed by atoms with van der Waals surface area (Å²) in [6.07, 6.45) is 3.89. The molecule has 0 N–H and O–H groups in total. The summed E-state index contributed by atoms with van der Waals surface area (Å²) in [6.45, 7) is 3.86. The van der Waals surface area contributed by atoms with Gasteiger partial charge >= 0.3 is 0 Å². The van der Waals surface area contributed by atoms with Gasteiger partial charge in [-0.25, -0.2) is 4.98 Å². The van der Waals surface area contributed by atoms with Crippen molar-refractivity contribution in [3.8, 4) is 11.5 Å². The number of piperidine rings is 1. The number of carbonyl (C=O) groups is 1. The monoisotopic (exact) mass is 320 g/mol. The fourth-order valence-corrected chi connectivity index (χ4v) is 3.45. The van der Waals surface area contributed by atoms with Crippen molar-refractivity contribution in [3.05, 3.63) is 54.3 Å². The average molecular weight is 320 g/mol. The van der Waals surface area contributed by atoms with Crippen LogP contribution in [0.2, 0.25) is 0 Å². The summed E-state index contributed by atoms with van der Waals surface area (Å²) < 4.78 is 5.48. The summed E-state index contributed by atoms with van der Waals surface area (Å²) in [7, 11) is 0. The molecule has 4 nitrogen and oxygen atoms in total. The fraction of sp³-hybridized carbons (Fsp3) is 0.300. The quantitative estimate of drug-likeness (QED) is 0.704. The van der Waals surface area contributed by atoms with E-state index in [1.807, 2.05) is 47.4 Å². The van der Waals surface area contributed by atoms with E-state index in [0.717, 1.165) is 30.4 Å². The normalized spacial score (nSPS) is 18.0. The lowest BCUT2D eigenvalue weighted by Gasteiger charge is -2.31. The number of fused-ring (bicyclic) bond motifs is 1. The molecule has 1 atom stereocenters. The Morgan fingerprint density at radius 1 is 1.25 bits per heavy atom. The van der Waals surface area contributed by atoms with Crippen LogP contribution in [-0.2, 0) is 0 Å². The van der Waals surface area contributed by atoms with Crippen LogP contribution >= 0.6 is 0 Å². The molecule has 0 radical (unpaired) electrons. The van der Waals surface area contributed by atoms with Crippen LogP contribution in [0.15, 0.2) is 53.1 Å². The first kappa shape index (κ1) is 14.9. The van der Waals surface area contributed by atoms with Crippen LogP contribution in [0.25, 0.3) is 22.4 Å². The number of hydrogen-bond acceptors (Lipinski definition) is 3. The summed E-state index contributed by atoms with van der Waals surface area (Å²) in [5, 5.41) is 0.899. The Balaban J connectivity index is 1.82. The van der Waals surface area contributed by atoms with Crippen LogP contribution < -0.4 is 0 Å². The minimum Gasteiger partial charge on any atom is -0.463 e. The number of benzene rings is 1. The van der Waals surface area contributed by atoms with E-state index in [1.54, 1.807) is 6.26 Å². The average Bonchev–Trinajstić information content (AvgIpc) is 3.15. The van der Waals surface area contributed by atoms with Crippen molar-refractivity contribution >= 4 is 16.8 Å². The molecule has 3 heterocycles. The summed E-state index contributed by atoms with van der Waals surface area (Å²) in [6, 6.07) is 13.4. The molecule has 122 valence electrons. The van der Waals surface area contributed by atoms with Gasteiger partial charge in [-0.3, -0.25) is 4.79 Å². The first-order valence-electron chi connectivity index (χ1n) is 8.45. The predicted molar refractivity (Wildman–Crippen MR) is 93.7 cm³/mol. The van der Waals surface area contributed by atoms with Gasteiger partial charge in [-0.1, -0.05) is 25.1 Å². The van der Waals surface area contributed by atoms with Gasteiger partial charge in [-0.2, -0.15) is 0 Å². The molecule has 2 aromatic heterocycles. The molecule has 1 fully saturated rings. The van der Waals surface area contributed by atoms with Gasteiger partial charge in [-0.15, -0.1) is 0 Å². The molecule has 0 bridgehead atoms. The van der Waals surface area contributed by atoms with Gasteiger partial charge in [0.15, 0.2) is 5.76 Å². The topological polar surface area (TPSA) is 46.3 Å². The Morgan fingerprint density at radius 3 is 2.92 bits per heavy atom. The lowest BCUT2D eigenvalue weighted by atomic mass is 9.98. The van der Waals surface area contributed by atoms with Crippen molar-refractivity contribution in [2.24, 2.45) is 5.92 Å². The molecular formula is C20H20N2O2. The van der Waals surface area contributed by atoms with Gasteiger partial charge in [0.1, 0.15) is 5.69 Å².